The Morgan fingerprint density at radius 3 is 2.74 bits per heavy atom. The minimum Gasteiger partial charge on any atom is -0.496 e. The minimum absolute atomic E-state index is 0.0529. The molecule has 0 bridgehead atoms. The smallest absolute Gasteiger partial charge is 0.338 e. The molecule has 0 N–H and O–H groups in total. The van der Waals surface area contributed by atoms with Crippen molar-refractivity contribution in [1.29, 1.82) is 0 Å². The Labute approximate surface area is 225 Å². The molecule has 39 heavy (non-hydrogen) atoms. The Morgan fingerprint density at radius 2 is 2.00 bits per heavy atom. The first-order valence-corrected chi connectivity index (χ1v) is 12.8. The number of hydrogen-bond acceptors (Lipinski definition) is 9. The van der Waals surface area contributed by atoms with Gasteiger partial charge in [-0.15, -0.1) is 0 Å². The second-order valence-corrected chi connectivity index (χ2v) is 9.56. The number of aromatic nitrogens is 1. The lowest BCUT2D eigenvalue weighted by Crippen LogP contribution is -2.40. The van der Waals surface area contributed by atoms with Crippen molar-refractivity contribution in [3.05, 3.63) is 113 Å². The van der Waals surface area contributed by atoms with Gasteiger partial charge < -0.3 is 13.9 Å². The third-order valence-corrected chi connectivity index (χ3v) is 7.18. The van der Waals surface area contributed by atoms with Crippen LogP contribution in [0.3, 0.4) is 0 Å². The Hall–Kier alpha value is -4.77. The molecular formula is C28H23N3O7S. The van der Waals surface area contributed by atoms with Gasteiger partial charge in [-0.2, -0.15) is 0 Å². The molecule has 1 aliphatic rings. The molecule has 0 spiro atoms. The molecule has 0 aliphatic carbocycles. The Bertz CT molecular complexity index is 1810. The predicted molar refractivity (Wildman–Crippen MR) is 144 cm³/mol. The summed E-state index contributed by atoms with van der Waals surface area (Å²) in [6, 6.07) is 15.8. The monoisotopic (exact) mass is 545 g/mol. The van der Waals surface area contributed by atoms with Gasteiger partial charge in [0.1, 0.15) is 23.3 Å². The van der Waals surface area contributed by atoms with E-state index in [1.165, 1.54) is 23.8 Å². The van der Waals surface area contributed by atoms with Gasteiger partial charge in [-0.1, -0.05) is 41.7 Å². The van der Waals surface area contributed by atoms with Crippen LogP contribution in [0.2, 0.25) is 0 Å². The van der Waals surface area contributed by atoms with Crippen molar-refractivity contribution in [1.82, 2.24) is 4.57 Å². The van der Waals surface area contributed by atoms with Crippen molar-refractivity contribution in [2.45, 2.75) is 19.9 Å². The fraction of sp³-hybridized carbons (Fsp3) is 0.179. The fourth-order valence-corrected chi connectivity index (χ4v) is 5.49. The first-order valence-electron chi connectivity index (χ1n) is 12.0. The second kappa shape index (κ2) is 10.5. The first-order chi connectivity index (χ1) is 18.8. The number of furan rings is 1. The first kappa shape index (κ1) is 25.9. The van der Waals surface area contributed by atoms with Crippen LogP contribution in [0.4, 0.5) is 5.69 Å². The summed E-state index contributed by atoms with van der Waals surface area (Å²) >= 11 is 1.16. The Kier molecular flexibility index (Phi) is 6.99. The number of esters is 1. The van der Waals surface area contributed by atoms with Crippen LogP contribution < -0.4 is 19.6 Å². The van der Waals surface area contributed by atoms with E-state index in [0.717, 1.165) is 11.3 Å². The van der Waals surface area contributed by atoms with Crippen LogP contribution in [-0.2, 0) is 9.53 Å². The van der Waals surface area contributed by atoms with Crippen LogP contribution in [0.15, 0.2) is 86.1 Å². The maximum atomic E-state index is 13.8. The van der Waals surface area contributed by atoms with E-state index < -0.39 is 16.9 Å². The van der Waals surface area contributed by atoms with Gasteiger partial charge in [0, 0.05) is 29.3 Å². The largest absolute Gasteiger partial charge is 0.496 e. The molecule has 1 aliphatic heterocycles. The predicted octanol–water partition coefficient (Wildman–Crippen LogP) is 3.98. The molecule has 5 rings (SSSR count). The zero-order valence-electron chi connectivity index (χ0n) is 21.2. The zero-order chi connectivity index (χ0) is 27.7. The van der Waals surface area contributed by atoms with Gasteiger partial charge >= 0.3 is 5.97 Å². The van der Waals surface area contributed by atoms with E-state index >= 15 is 0 Å². The summed E-state index contributed by atoms with van der Waals surface area (Å²) < 4.78 is 18.6. The van der Waals surface area contributed by atoms with E-state index in [4.69, 9.17) is 13.9 Å². The van der Waals surface area contributed by atoms with Crippen molar-refractivity contribution in [3.63, 3.8) is 0 Å². The number of nitrogens with zero attached hydrogens (tertiary/aromatic N) is 3. The highest BCUT2D eigenvalue weighted by atomic mass is 32.1. The number of non-ortho nitro benzene ring substituents is 1. The quantitative estimate of drug-likeness (QED) is 0.195. The number of hydrogen-bond donors (Lipinski definition) is 0. The van der Waals surface area contributed by atoms with Crippen molar-refractivity contribution in [2.75, 3.05) is 13.7 Å². The topological polar surface area (TPSA) is 126 Å². The summed E-state index contributed by atoms with van der Waals surface area (Å²) in [6.07, 6.45) is 1.59. The summed E-state index contributed by atoms with van der Waals surface area (Å²) in [5.41, 5.74) is 1.45. The number of methoxy groups -OCH3 is 1. The zero-order valence-corrected chi connectivity index (χ0v) is 22.1. The minimum atomic E-state index is -0.810. The number of nitro groups is 1. The number of rotatable bonds is 7. The molecule has 1 atom stereocenters. The van der Waals surface area contributed by atoms with Crippen LogP contribution >= 0.6 is 11.3 Å². The van der Waals surface area contributed by atoms with Crippen LogP contribution in [-0.4, -0.2) is 29.2 Å². The van der Waals surface area contributed by atoms with Gasteiger partial charge in [0.2, 0.25) is 0 Å². The summed E-state index contributed by atoms with van der Waals surface area (Å²) in [5, 5.41) is 11.1. The average Bonchev–Trinajstić information content (AvgIpc) is 3.52. The number of ether oxygens (including phenoxy) is 2. The summed E-state index contributed by atoms with van der Waals surface area (Å²) in [5.74, 6) is 0.764. The molecular weight excluding hydrogens is 522 g/mol. The molecule has 198 valence electrons. The van der Waals surface area contributed by atoms with Crippen LogP contribution in [0.5, 0.6) is 5.75 Å². The molecule has 0 radical (unpaired) electrons. The van der Waals surface area contributed by atoms with E-state index in [1.807, 2.05) is 12.1 Å². The summed E-state index contributed by atoms with van der Waals surface area (Å²) in [4.78, 5) is 42.5. The van der Waals surface area contributed by atoms with Crippen molar-refractivity contribution in [3.8, 4) is 17.1 Å². The third-order valence-electron chi connectivity index (χ3n) is 6.19. The molecule has 2 aromatic heterocycles. The molecule has 4 aromatic rings. The van der Waals surface area contributed by atoms with Gasteiger partial charge in [0.15, 0.2) is 4.80 Å². The highest BCUT2D eigenvalue weighted by Gasteiger charge is 2.35. The van der Waals surface area contributed by atoms with Crippen LogP contribution in [0, 0.1) is 10.1 Å². The maximum Gasteiger partial charge on any atom is 0.338 e. The van der Waals surface area contributed by atoms with Gasteiger partial charge in [0.25, 0.3) is 11.2 Å². The lowest BCUT2D eigenvalue weighted by Gasteiger charge is -2.25. The third kappa shape index (κ3) is 4.79. The normalized spacial score (nSPS) is 15.1. The lowest BCUT2D eigenvalue weighted by atomic mass is 9.95. The molecule has 11 heteroatoms. The van der Waals surface area contributed by atoms with E-state index in [-0.39, 0.29) is 23.4 Å². The number of fused-ring (bicyclic) bond motifs is 1. The van der Waals surface area contributed by atoms with E-state index in [0.29, 0.717) is 43.4 Å². The van der Waals surface area contributed by atoms with E-state index in [2.05, 4.69) is 4.99 Å². The molecule has 0 saturated carbocycles. The summed E-state index contributed by atoms with van der Waals surface area (Å²) in [6.45, 7) is 3.60. The number of carbonyl (C=O) groups excluding carboxylic acids is 1. The van der Waals surface area contributed by atoms with Gasteiger partial charge in [0.05, 0.1) is 34.4 Å². The van der Waals surface area contributed by atoms with Crippen molar-refractivity contribution < 1.29 is 23.6 Å². The number of thiazole rings is 1. The Balaban J connectivity index is 1.64. The number of allylic oxidation sites excluding steroid dienone is 1. The standard InChI is InChI=1S/C28H23N3O7S/c1-4-37-27(33)24-16(2)29-28-30(25(24)20-10-5-6-11-22(20)36-3)26(32)23(39-28)15-19-12-13-21(38-19)17-8-7-9-18(14-17)31(34)35/h5-15,25H,4H2,1-3H3. The fourth-order valence-electron chi connectivity index (χ4n) is 4.47. The van der Waals surface area contributed by atoms with Crippen LogP contribution in [0.25, 0.3) is 17.4 Å². The van der Waals surface area contributed by atoms with Crippen LogP contribution in [0.1, 0.15) is 31.2 Å². The molecule has 3 heterocycles. The molecule has 1 unspecified atom stereocenters. The van der Waals surface area contributed by atoms with Gasteiger partial charge in [-0.3, -0.25) is 19.5 Å². The second-order valence-electron chi connectivity index (χ2n) is 8.55. The molecule has 0 fully saturated rings. The van der Waals surface area contributed by atoms with Gasteiger partial charge in [-0.05, 0) is 32.0 Å². The number of carbonyl (C=O) groups is 1. The molecule has 0 saturated heterocycles. The number of nitro benzene ring substituents is 1. The van der Waals surface area contributed by atoms with Crippen molar-refractivity contribution in [2.24, 2.45) is 4.99 Å². The van der Waals surface area contributed by atoms with Crippen molar-refractivity contribution >= 4 is 29.1 Å². The van der Waals surface area contributed by atoms with E-state index in [9.17, 15) is 19.7 Å². The number of para-hydroxylation sites is 1. The molecule has 10 nitrogen and oxygen atoms in total. The molecule has 2 aromatic carbocycles. The highest BCUT2D eigenvalue weighted by Crippen LogP contribution is 2.35. The maximum absolute atomic E-state index is 13.8. The number of benzene rings is 2. The SMILES string of the molecule is CCOC(=O)C1=C(C)N=c2sc(=Cc3ccc(-c4cccc([N+](=O)[O-])c4)o3)c(=O)n2C1c1ccccc1OC. The lowest BCUT2D eigenvalue weighted by molar-refractivity contribution is -0.384. The summed E-state index contributed by atoms with van der Waals surface area (Å²) in [7, 11) is 1.53. The average molecular weight is 546 g/mol. The Morgan fingerprint density at radius 1 is 1.21 bits per heavy atom. The van der Waals surface area contributed by atoms with E-state index in [1.54, 1.807) is 56.3 Å². The highest BCUT2D eigenvalue weighted by molar-refractivity contribution is 7.07. The molecule has 0 amide bonds. The van der Waals surface area contributed by atoms with Gasteiger partial charge in [-0.25, -0.2) is 9.79 Å².